The highest BCUT2D eigenvalue weighted by Gasteiger charge is 2.30. The minimum Gasteiger partial charge on any atom is -0.480 e. The van der Waals surface area contributed by atoms with Crippen molar-refractivity contribution in [2.24, 2.45) is 0 Å². The van der Waals surface area contributed by atoms with Crippen molar-refractivity contribution < 1.29 is 23.1 Å². The molecule has 0 saturated carbocycles. The van der Waals surface area contributed by atoms with Crippen molar-refractivity contribution in [3.05, 3.63) is 42.0 Å². The topological polar surface area (TPSA) is 92.4 Å². The molecule has 2 N–H and O–H groups in total. The van der Waals surface area contributed by atoms with Gasteiger partial charge in [-0.25, -0.2) is 0 Å². The fraction of sp³-hybridized carbons (Fsp3) is 0.143. The number of benzene rings is 1. The monoisotopic (exact) mass is 337 g/mol. The lowest BCUT2D eigenvalue weighted by atomic mass is 10.1. The molecule has 7 nitrogen and oxygen atoms in total. The van der Waals surface area contributed by atoms with E-state index in [2.05, 4.69) is 20.6 Å². The van der Waals surface area contributed by atoms with Crippen molar-refractivity contribution in [3.63, 3.8) is 0 Å². The molecule has 0 saturated heterocycles. The number of carbonyl (C=O) groups is 1. The summed E-state index contributed by atoms with van der Waals surface area (Å²) in [7, 11) is 0. The molecule has 3 aromatic rings. The minimum atomic E-state index is -4.47. The fourth-order valence-corrected chi connectivity index (χ4v) is 2.06. The molecule has 0 aliphatic heterocycles. The molecule has 1 aromatic carbocycles. The second kappa shape index (κ2) is 5.80. The van der Waals surface area contributed by atoms with Gasteiger partial charge in [0.05, 0.1) is 5.56 Å². The fourth-order valence-electron chi connectivity index (χ4n) is 2.06. The largest absolute Gasteiger partial charge is 0.480 e. The van der Waals surface area contributed by atoms with Crippen LogP contribution in [0.5, 0.6) is 0 Å². The summed E-state index contributed by atoms with van der Waals surface area (Å²) in [6, 6.07) is 7.68. The van der Waals surface area contributed by atoms with Crippen molar-refractivity contribution in [2.75, 3.05) is 11.9 Å². The van der Waals surface area contributed by atoms with Gasteiger partial charge in [-0.2, -0.15) is 17.7 Å². The minimum absolute atomic E-state index is 0.120. The zero-order chi connectivity index (χ0) is 17.3. The van der Waals surface area contributed by atoms with Crippen molar-refractivity contribution >= 4 is 17.4 Å². The van der Waals surface area contributed by atoms with Crippen molar-refractivity contribution in [2.45, 2.75) is 6.18 Å². The van der Waals surface area contributed by atoms with Crippen molar-refractivity contribution in [3.8, 4) is 11.4 Å². The zero-order valence-corrected chi connectivity index (χ0v) is 11.9. The number of anilines is 1. The summed E-state index contributed by atoms with van der Waals surface area (Å²) in [5.41, 5.74) is -0.291. The van der Waals surface area contributed by atoms with Crippen LogP contribution in [-0.2, 0) is 11.0 Å². The normalized spacial score (nSPS) is 11.6. The Labute approximate surface area is 132 Å². The molecule has 0 unspecified atom stereocenters. The lowest BCUT2D eigenvalue weighted by Gasteiger charge is -2.08. The van der Waals surface area contributed by atoms with Gasteiger partial charge in [-0.05, 0) is 24.3 Å². The molecule has 0 bridgehead atoms. The third-order valence-corrected chi connectivity index (χ3v) is 3.13. The number of hydrogen-bond acceptors (Lipinski definition) is 5. The number of halogens is 3. The molecule has 0 atom stereocenters. The van der Waals surface area contributed by atoms with E-state index in [9.17, 15) is 18.0 Å². The van der Waals surface area contributed by atoms with Crippen LogP contribution < -0.4 is 5.32 Å². The predicted octanol–water partition coefficient (Wildman–Crippen LogP) is 2.31. The maximum atomic E-state index is 12.8. The molecule has 0 spiro atoms. The van der Waals surface area contributed by atoms with Gasteiger partial charge in [0, 0.05) is 5.56 Å². The highest BCUT2D eigenvalue weighted by molar-refractivity contribution is 5.72. The average Bonchev–Trinajstić information content (AvgIpc) is 2.95. The first kappa shape index (κ1) is 15.7. The number of aliphatic carboxylic acids is 1. The Hall–Kier alpha value is -3.17. The average molecular weight is 337 g/mol. The molecule has 0 aliphatic carbocycles. The van der Waals surface area contributed by atoms with Crippen LogP contribution in [-0.4, -0.2) is 37.4 Å². The van der Waals surface area contributed by atoms with Crippen LogP contribution in [0, 0.1) is 0 Å². The summed E-state index contributed by atoms with van der Waals surface area (Å²) in [4.78, 5) is 10.6. The first-order valence-corrected chi connectivity index (χ1v) is 6.70. The number of alkyl halides is 3. The molecule has 24 heavy (non-hydrogen) atoms. The standard InChI is InChI=1S/C14H10F3N5O2/c15-14(16,17)9-3-1-2-8(6-9)13-20-19-11-5-4-10(21-22(11)13)18-7-12(23)24/h1-6H,7H2,(H,18,21)(H,23,24). The van der Waals surface area contributed by atoms with Gasteiger partial charge >= 0.3 is 12.1 Å². The maximum Gasteiger partial charge on any atom is 0.416 e. The van der Waals surface area contributed by atoms with Gasteiger partial charge in [-0.3, -0.25) is 4.79 Å². The van der Waals surface area contributed by atoms with Crippen molar-refractivity contribution in [1.82, 2.24) is 19.8 Å². The smallest absolute Gasteiger partial charge is 0.416 e. The molecule has 124 valence electrons. The summed E-state index contributed by atoms with van der Waals surface area (Å²) in [6.07, 6.45) is -4.47. The third kappa shape index (κ3) is 3.12. The van der Waals surface area contributed by atoms with Crippen LogP contribution in [0.4, 0.5) is 19.0 Å². The molecular formula is C14H10F3N5O2. The van der Waals surface area contributed by atoms with E-state index in [1.807, 2.05) is 0 Å². The summed E-state index contributed by atoms with van der Waals surface area (Å²) >= 11 is 0. The molecular weight excluding hydrogens is 327 g/mol. The number of carboxylic acids is 1. The lowest BCUT2D eigenvalue weighted by molar-refractivity contribution is -0.137. The summed E-state index contributed by atoms with van der Waals surface area (Å²) in [6.45, 7) is -0.348. The molecule has 0 amide bonds. The molecule has 2 aromatic heterocycles. The third-order valence-electron chi connectivity index (χ3n) is 3.13. The second-order valence-corrected chi connectivity index (χ2v) is 4.84. The number of rotatable bonds is 4. The number of aromatic nitrogens is 4. The van der Waals surface area contributed by atoms with E-state index in [0.29, 0.717) is 5.65 Å². The summed E-state index contributed by atoms with van der Waals surface area (Å²) in [5.74, 6) is -0.716. The van der Waals surface area contributed by atoms with Crippen LogP contribution in [0.1, 0.15) is 5.56 Å². The van der Waals surface area contributed by atoms with Crippen LogP contribution in [0.25, 0.3) is 17.0 Å². The quantitative estimate of drug-likeness (QED) is 0.759. The SMILES string of the molecule is O=C(O)CNc1ccc2nnc(-c3cccc(C(F)(F)F)c3)n2n1. The molecule has 2 heterocycles. The van der Waals surface area contributed by atoms with Gasteiger partial charge in [0.25, 0.3) is 0 Å². The number of nitrogens with one attached hydrogen (secondary N) is 1. The predicted molar refractivity (Wildman–Crippen MR) is 77.3 cm³/mol. The van der Waals surface area contributed by atoms with E-state index < -0.39 is 17.7 Å². The van der Waals surface area contributed by atoms with Gasteiger partial charge < -0.3 is 10.4 Å². The van der Waals surface area contributed by atoms with Crippen LogP contribution in [0.15, 0.2) is 36.4 Å². The summed E-state index contributed by atoms with van der Waals surface area (Å²) < 4.78 is 39.8. The molecule has 0 aliphatic rings. The zero-order valence-electron chi connectivity index (χ0n) is 11.9. The number of carboxylic acid groups (broad SMARTS) is 1. The van der Waals surface area contributed by atoms with Crippen LogP contribution >= 0.6 is 0 Å². The van der Waals surface area contributed by atoms with E-state index in [4.69, 9.17) is 5.11 Å². The van der Waals surface area contributed by atoms with Crippen LogP contribution in [0.2, 0.25) is 0 Å². The molecule has 0 fully saturated rings. The van der Waals surface area contributed by atoms with Gasteiger partial charge in [0.2, 0.25) is 0 Å². The molecule has 10 heteroatoms. The highest BCUT2D eigenvalue weighted by atomic mass is 19.4. The maximum absolute atomic E-state index is 12.8. The van der Waals surface area contributed by atoms with E-state index in [1.165, 1.54) is 28.8 Å². The second-order valence-electron chi connectivity index (χ2n) is 4.84. The van der Waals surface area contributed by atoms with E-state index in [-0.39, 0.29) is 23.8 Å². The molecule has 3 rings (SSSR count). The first-order chi connectivity index (χ1) is 11.3. The number of hydrogen-bond donors (Lipinski definition) is 2. The lowest BCUT2D eigenvalue weighted by Crippen LogP contribution is -2.14. The van der Waals surface area contributed by atoms with Gasteiger partial charge in [-0.1, -0.05) is 12.1 Å². The Morgan fingerprint density at radius 1 is 1.21 bits per heavy atom. The Balaban J connectivity index is 2.03. The Morgan fingerprint density at radius 3 is 2.71 bits per heavy atom. The number of nitrogens with zero attached hydrogens (tertiary/aromatic N) is 4. The summed E-state index contributed by atoms with van der Waals surface area (Å²) in [5, 5.41) is 23.1. The van der Waals surface area contributed by atoms with Crippen LogP contribution in [0.3, 0.4) is 0 Å². The Morgan fingerprint density at radius 2 is 2.00 bits per heavy atom. The van der Waals surface area contributed by atoms with E-state index in [0.717, 1.165) is 12.1 Å². The van der Waals surface area contributed by atoms with Gasteiger partial charge in [0.1, 0.15) is 12.4 Å². The van der Waals surface area contributed by atoms with Gasteiger partial charge in [-0.15, -0.1) is 15.3 Å². The van der Waals surface area contributed by atoms with E-state index >= 15 is 0 Å². The Bertz CT molecular complexity index is 907. The van der Waals surface area contributed by atoms with E-state index in [1.54, 1.807) is 0 Å². The van der Waals surface area contributed by atoms with Gasteiger partial charge in [0.15, 0.2) is 11.5 Å². The molecule has 0 radical (unpaired) electrons. The Kier molecular flexibility index (Phi) is 3.80. The number of fused-ring (bicyclic) bond motifs is 1. The van der Waals surface area contributed by atoms with Crippen molar-refractivity contribution in [1.29, 1.82) is 0 Å². The highest BCUT2D eigenvalue weighted by Crippen LogP contribution is 2.31. The first-order valence-electron chi connectivity index (χ1n) is 6.70.